The molecule has 2 aromatic carbocycles. The third kappa shape index (κ3) is 4.61. The van der Waals surface area contributed by atoms with E-state index in [1.54, 1.807) is 19.1 Å². The minimum Gasteiger partial charge on any atom is -0.492 e. The van der Waals surface area contributed by atoms with Gasteiger partial charge in [0.25, 0.3) is 5.91 Å². The molecule has 0 aliphatic carbocycles. The SMILES string of the molecule is CC(NC(=O)c1cccs1)C(=O)NCCOc1ccc2ccccc2c1. The number of carbonyl (C=O) groups excluding carboxylic acids is 2. The Morgan fingerprint density at radius 1 is 1.08 bits per heavy atom. The Kier molecular flexibility index (Phi) is 5.86. The van der Waals surface area contributed by atoms with Crippen LogP contribution in [0.5, 0.6) is 5.75 Å². The highest BCUT2D eigenvalue weighted by atomic mass is 32.1. The van der Waals surface area contributed by atoms with E-state index in [1.165, 1.54) is 11.3 Å². The molecule has 0 aliphatic rings. The third-order valence-electron chi connectivity index (χ3n) is 3.88. The van der Waals surface area contributed by atoms with E-state index < -0.39 is 6.04 Å². The highest BCUT2D eigenvalue weighted by Gasteiger charge is 2.16. The van der Waals surface area contributed by atoms with Crippen molar-refractivity contribution in [3.63, 3.8) is 0 Å². The van der Waals surface area contributed by atoms with Crippen molar-refractivity contribution in [2.45, 2.75) is 13.0 Å². The van der Waals surface area contributed by atoms with Crippen molar-refractivity contribution in [3.05, 3.63) is 64.9 Å². The number of fused-ring (bicyclic) bond motifs is 1. The molecule has 3 aromatic rings. The zero-order valence-electron chi connectivity index (χ0n) is 14.4. The summed E-state index contributed by atoms with van der Waals surface area (Å²) in [5.41, 5.74) is 0. The van der Waals surface area contributed by atoms with Gasteiger partial charge in [0.05, 0.1) is 11.4 Å². The van der Waals surface area contributed by atoms with E-state index in [0.717, 1.165) is 16.5 Å². The monoisotopic (exact) mass is 368 g/mol. The summed E-state index contributed by atoms with van der Waals surface area (Å²) in [4.78, 5) is 24.6. The quantitative estimate of drug-likeness (QED) is 0.629. The Balaban J connectivity index is 1.42. The molecule has 2 amide bonds. The normalized spacial score (nSPS) is 11.7. The highest BCUT2D eigenvalue weighted by molar-refractivity contribution is 7.12. The van der Waals surface area contributed by atoms with Gasteiger partial charge in [0, 0.05) is 0 Å². The molecule has 1 atom stereocenters. The minimum atomic E-state index is -0.606. The molecule has 0 aliphatic heterocycles. The maximum absolute atomic E-state index is 12.1. The number of amides is 2. The van der Waals surface area contributed by atoms with Crippen molar-refractivity contribution in [1.29, 1.82) is 0 Å². The molecule has 0 saturated heterocycles. The smallest absolute Gasteiger partial charge is 0.261 e. The Morgan fingerprint density at radius 2 is 1.88 bits per heavy atom. The summed E-state index contributed by atoms with van der Waals surface area (Å²) in [5, 5.41) is 9.53. The summed E-state index contributed by atoms with van der Waals surface area (Å²) in [5.74, 6) is 0.282. The van der Waals surface area contributed by atoms with Crippen LogP contribution in [0.25, 0.3) is 10.8 Å². The van der Waals surface area contributed by atoms with Gasteiger partial charge in [-0.1, -0.05) is 36.4 Å². The summed E-state index contributed by atoms with van der Waals surface area (Å²) >= 11 is 1.34. The number of hydrogen-bond acceptors (Lipinski definition) is 4. The fraction of sp³-hybridized carbons (Fsp3) is 0.200. The van der Waals surface area contributed by atoms with Crippen LogP contribution in [0, 0.1) is 0 Å². The zero-order valence-corrected chi connectivity index (χ0v) is 15.2. The van der Waals surface area contributed by atoms with Gasteiger partial charge in [0.2, 0.25) is 5.91 Å². The second-order valence-corrected chi connectivity index (χ2v) is 6.77. The number of ether oxygens (including phenoxy) is 1. The lowest BCUT2D eigenvalue weighted by atomic mass is 10.1. The van der Waals surface area contributed by atoms with Crippen LogP contribution in [0.2, 0.25) is 0 Å². The molecule has 0 radical (unpaired) electrons. The number of hydrogen-bond donors (Lipinski definition) is 2. The maximum Gasteiger partial charge on any atom is 0.261 e. The van der Waals surface area contributed by atoms with E-state index in [1.807, 2.05) is 47.8 Å². The van der Waals surface area contributed by atoms with Crippen LogP contribution in [0.15, 0.2) is 60.0 Å². The Labute approximate surface area is 156 Å². The molecule has 5 nitrogen and oxygen atoms in total. The van der Waals surface area contributed by atoms with Crippen molar-refractivity contribution in [2.24, 2.45) is 0 Å². The first-order valence-electron chi connectivity index (χ1n) is 8.37. The van der Waals surface area contributed by atoms with Crippen molar-refractivity contribution in [1.82, 2.24) is 10.6 Å². The third-order valence-corrected chi connectivity index (χ3v) is 4.75. The van der Waals surface area contributed by atoms with E-state index >= 15 is 0 Å². The molecule has 26 heavy (non-hydrogen) atoms. The van der Waals surface area contributed by atoms with Crippen LogP contribution in [-0.2, 0) is 4.79 Å². The maximum atomic E-state index is 12.1. The molecule has 2 N–H and O–H groups in total. The predicted molar refractivity (Wildman–Crippen MR) is 104 cm³/mol. The lowest BCUT2D eigenvalue weighted by Crippen LogP contribution is -2.45. The molecule has 0 fully saturated rings. The minimum absolute atomic E-state index is 0.239. The summed E-state index contributed by atoms with van der Waals surface area (Å²) < 4.78 is 5.68. The van der Waals surface area contributed by atoms with E-state index in [-0.39, 0.29) is 11.8 Å². The van der Waals surface area contributed by atoms with Crippen LogP contribution in [0.4, 0.5) is 0 Å². The lowest BCUT2D eigenvalue weighted by molar-refractivity contribution is -0.122. The first kappa shape index (κ1) is 17.9. The van der Waals surface area contributed by atoms with Gasteiger partial charge in [0.1, 0.15) is 18.4 Å². The second kappa shape index (κ2) is 8.49. The van der Waals surface area contributed by atoms with Crippen LogP contribution in [-0.4, -0.2) is 31.0 Å². The number of rotatable bonds is 7. The van der Waals surface area contributed by atoms with Crippen molar-refractivity contribution >= 4 is 33.9 Å². The molecular weight excluding hydrogens is 348 g/mol. The molecule has 0 bridgehead atoms. The molecular formula is C20H20N2O3S. The van der Waals surface area contributed by atoms with E-state index in [4.69, 9.17) is 4.74 Å². The molecule has 134 valence electrons. The Bertz CT molecular complexity index is 893. The van der Waals surface area contributed by atoms with Crippen LogP contribution in [0.1, 0.15) is 16.6 Å². The van der Waals surface area contributed by atoms with Crippen molar-refractivity contribution in [2.75, 3.05) is 13.2 Å². The van der Waals surface area contributed by atoms with Crippen molar-refractivity contribution in [3.8, 4) is 5.75 Å². The van der Waals surface area contributed by atoms with Crippen molar-refractivity contribution < 1.29 is 14.3 Å². The highest BCUT2D eigenvalue weighted by Crippen LogP contribution is 2.20. The summed E-state index contributed by atoms with van der Waals surface area (Å²) in [6.45, 7) is 2.38. The average Bonchev–Trinajstić information content (AvgIpc) is 3.19. The first-order chi connectivity index (χ1) is 12.6. The summed E-state index contributed by atoms with van der Waals surface area (Å²) in [6.07, 6.45) is 0. The zero-order chi connectivity index (χ0) is 18.4. The van der Waals surface area contributed by atoms with E-state index in [0.29, 0.717) is 18.0 Å². The van der Waals surface area contributed by atoms with Gasteiger partial charge in [-0.3, -0.25) is 9.59 Å². The number of benzene rings is 2. The molecule has 1 heterocycles. The molecule has 6 heteroatoms. The number of thiophene rings is 1. The van der Waals surface area contributed by atoms with Crippen LogP contribution in [0.3, 0.4) is 0 Å². The first-order valence-corrected chi connectivity index (χ1v) is 9.25. The molecule has 1 unspecified atom stereocenters. The standard InChI is InChI=1S/C20H20N2O3S/c1-14(22-20(24)18-7-4-12-26-18)19(23)21-10-11-25-17-9-8-15-5-2-3-6-16(15)13-17/h2-9,12-14H,10-11H2,1H3,(H,21,23)(H,22,24). The van der Waals surface area contributed by atoms with Crippen LogP contribution >= 0.6 is 11.3 Å². The Morgan fingerprint density at radius 3 is 2.65 bits per heavy atom. The fourth-order valence-corrected chi connectivity index (χ4v) is 3.12. The topological polar surface area (TPSA) is 67.4 Å². The molecule has 1 aromatic heterocycles. The lowest BCUT2D eigenvalue weighted by Gasteiger charge is -2.14. The van der Waals surface area contributed by atoms with Crippen LogP contribution < -0.4 is 15.4 Å². The molecule has 0 spiro atoms. The van der Waals surface area contributed by atoms with E-state index in [9.17, 15) is 9.59 Å². The molecule has 0 saturated carbocycles. The number of nitrogens with one attached hydrogen (secondary N) is 2. The average molecular weight is 368 g/mol. The van der Waals surface area contributed by atoms with Gasteiger partial charge >= 0.3 is 0 Å². The van der Waals surface area contributed by atoms with Gasteiger partial charge < -0.3 is 15.4 Å². The fourth-order valence-electron chi connectivity index (χ4n) is 2.49. The van der Waals surface area contributed by atoms with Gasteiger partial charge in [-0.2, -0.15) is 0 Å². The van der Waals surface area contributed by atoms with Gasteiger partial charge in [-0.15, -0.1) is 11.3 Å². The van der Waals surface area contributed by atoms with Gasteiger partial charge in [-0.25, -0.2) is 0 Å². The molecule has 3 rings (SSSR count). The second-order valence-electron chi connectivity index (χ2n) is 5.82. The largest absolute Gasteiger partial charge is 0.492 e. The number of carbonyl (C=O) groups is 2. The summed E-state index contributed by atoms with van der Waals surface area (Å²) in [6, 6.07) is 16.9. The predicted octanol–water partition coefficient (Wildman–Crippen LogP) is 3.21. The Hall–Kier alpha value is -2.86. The van der Waals surface area contributed by atoms with Gasteiger partial charge in [0.15, 0.2) is 0 Å². The van der Waals surface area contributed by atoms with Gasteiger partial charge in [-0.05, 0) is 41.3 Å². The van der Waals surface area contributed by atoms with E-state index in [2.05, 4.69) is 10.6 Å². The summed E-state index contributed by atoms with van der Waals surface area (Å²) in [7, 11) is 0.